The quantitative estimate of drug-likeness (QED) is 0.336. The summed E-state index contributed by atoms with van der Waals surface area (Å²) < 4.78 is 18.7. The number of halogens is 1. The molecule has 6 nitrogen and oxygen atoms in total. The fraction of sp³-hybridized carbons (Fsp3) is 0.208. The second-order valence-electron chi connectivity index (χ2n) is 7.55. The van der Waals surface area contributed by atoms with Gasteiger partial charge in [0.25, 0.3) is 5.56 Å². The molecular weight excluding hydrogens is 461 g/mol. The maximum Gasteiger partial charge on any atom is 0.260 e. The molecular formula is C24H20FN3O3S2. The first-order valence-electron chi connectivity index (χ1n) is 10.5. The van der Waals surface area contributed by atoms with Crippen molar-refractivity contribution >= 4 is 39.2 Å². The van der Waals surface area contributed by atoms with E-state index >= 15 is 0 Å². The van der Waals surface area contributed by atoms with Gasteiger partial charge < -0.3 is 14.6 Å². The van der Waals surface area contributed by atoms with Gasteiger partial charge >= 0.3 is 0 Å². The second-order valence-corrected chi connectivity index (χ2v) is 9.51. The molecule has 2 aromatic heterocycles. The van der Waals surface area contributed by atoms with Gasteiger partial charge in [-0.3, -0.25) is 9.59 Å². The minimum atomic E-state index is -0.540. The van der Waals surface area contributed by atoms with E-state index in [-0.39, 0.29) is 17.3 Å². The normalized spacial score (nSPS) is 15.0. The van der Waals surface area contributed by atoms with Crippen molar-refractivity contribution in [1.82, 2.24) is 14.9 Å². The second kappa shape index (κ2) is 9.46. The summed E-state index contributed by atoms with van der Waals surface area (Å²) in [4.78, 5) is 36.3. The summed E-state index contributed by atoms with van der Waals surface area (Å²) >= 11 is 2.59. The number of hydrogen-bond acceptors (Lipinski definition) is 6. The monoisotopic (exact) mass is 481 g/mol. The van der Waals surface area contributed by atoms with Gasteiger partial charge in [-0.15, -0.1) is 11.3 Å². The standard InChI is InChI=1S/C24H20FN3O3S2/c25-17-8-6-15(7-9-17)18-14-32-22-19(18)21(29)26-24(27-22)33-20(16-4-2-1-3-5-16)23(30)28-10-12-31-13-11-28/h1-9,14,20H,10-13H2,(H,26,27,29). The summed E-state index contributed by atoms with van der Waals surface area (Å²) in [5, 5.41) is 2.16. The van der Waals surface area contributed by atoms with Gasteiger partial charge in [0.05, 0.1) is 18.6 Å². The van der Waals surface area contributed by atoms with E-state index in [9.17, 15) is 14.0 Å². The Hall–Kier alpha value is -3.01. The Labute approximate surface area is 197 Å². The van der Waals surface area contributed by atoms with Gasteiger partial charge in [0.2, 0.25) is 5.91 Å². The van der Waals surface area contributed by atoms with Gasteiger partial charge in [0.15, 0.2) is 5.16 Å². The lowest BCUT2D eigenvalue weighted by atomic mass is 10.1. The predicted octanol–water partition coefficient (Wildman–Crippen LogP) is 4.48. The van der Waals surface area contributed by atoms with Crippen LogP contribution in [0.1, 0.15) is 10.8 Å². The number of morpholine rings is 1. The van der Waals surface area contributed by atoms with Gasteiger partial charge in [-0.2, -0.15) is 0 Å². The zero-order chi connectivity index (χ0) is 22.8. The summed E-state index contributed by atoms with van der Waals surface area (Å²) in [5.74, 6) is -0.365. The van der Waals surface area contributed by atoms with Crippen LogP contribution < -0.4 is 5.56 Å². The van der Waals surface area contributed by atoms with Crippen LogP contribution in [0.4, 0.5) is 4.39 Å². The van der Waals surface area contributed by atoms with Crippen molar-refractivity contribution < 1.29 is 13.9 Å². The first-order chi connectivity index (χ1) is 16.1. The molecule has 1 atom stereocenters. The fourth-order valence-electron chi connectivity index (χ4n) is 3.78. The number of thiophene rings is 1. The van der Waals surface area contributed by atoms with Gasteiger partial charge in [-0.1, -0.05) is 54.2 Å². The lowest BCUT2D eigenvalue weighted by Gasteiger charge is -2.30. The molecule has 168 valence electrons. The molecule has 1 fully saturated rings. The van der Waals surface area contributed by atoms with Crippen molar-refractivity contribution in [1.29, 1.82) is 0 Å². The number of nitrogens with one attached hydrogen (secondary N) is 1. The number of ether oxygens (including phenoxy) is 1. The van der Waals surface area contributed by atoms with E-state index < -0.39 is 5.25 Å². The van der Waals surface area contributed by atoms with Gasteiger partial charge in [0.1, 0.15) is 15.9 Å². The molecule has 0 saturated carbocycles. The van der Waals surface area contributed by atoms with Gasteiger partial charge in [0, 0.05) is 24.0 Å². The Bertz CT molecular complexity index is 1330. The highest BCUT2D eigenvalue weighted by molar-refractivity contribution is 8.00. The van der Waals surface area contributed by atoms with Crippen LogP contribution in [0.3, 0.4) is 0 Å². The number of aromatic nitrogens is 2. The molecule has 0 bridgehead atoms. The maximum absolute atomic E-state index is 13.4. The smallest absolute Gasteiger partial charge is 0.260 e. The van der Waals surface area contributed by atoms with E-state index in [0.29, 0.717) is 47.2 Å². The molecule has 4 aromatic rings. The molecule has 33 heavy (non-hydrogen) atoms. The summed E-state index contributed by atoms with van der Waals surface area (Å²) in [7, 11) is 0. The number of fused-ring (bicyclic) bond motifs is 1. The summed E-state index contributed by atoms with van der Waals surface area (Å²) in [5.41, 5.74) is 2.03. The van der Waals surface area contributed by atoms with Crippen LogP contribution in [-0.2, 0) is 9.53 Å². The van der Waals surface area contributed by atoms with Crippen LogP contribution >= 0.6 is 23.1 Å². The van der Waals surface area contributed by atoms with Crippen molar-refractivity contribution in [2.75, 3.05) is 26.3 Å². The lowest BCUT2D eigenvalue weighted by Crippen LogP contribution is -2.42. The molecule has 0 aliphatic carbocycles. The van der Waals surface area contributed by atoms with Gasteiger partial charge in [-0.25, -0.2) is 9.37 Å². The molecule has 5 rings (SSSR count). The Balaban J connectivity index is 1.50. The predicted molar refractivity (Wildman–Crippen MR) is 128 cm³/mol. The number of carbonyl (C=O) groups excluding carboxylic acids is 1. The average Bonchev–Trinajstić information content (AvgIpc) is 3.28. The van der Waals surface area contributed by atoms with Gasteiger partial charge in [-0.05, 0) is 23.3 Å². The number of benzene rings is 2. The Morgan fingerprint density at radius 3 is 2.58 bits per heavy atom. The summed E-state index contributed by atoms with van der Waals surface area (Å²) in [6, 6.07) is 15.5. The van der Waals surface area contributed by atoms with Crippen LogP contribution in [0.5, 0.6) is 0 Å². The Morgan fingerprint density at radius 1 is 1.12 bits per heavy atom. The fourth-order valence-corrected chi connectivity index (χ4v) is 5.84. The van der Waals surface area contributed by atoms with Crippen LogP contribution in [0.15, 0.2) is 69.9 Å². The van der Waals surface area contributed by atoms with Crippen LogP contribution in [0.2, 0.25) is 0 Å². The number of amides is 1. The molecule has 1 aliphatic rings. The molecule has 3 heterocycles. The number of hydrogen-bond donors (Lipinski definition) is 1. The molecule has 0 radical (unpaired) electrons. The highest BCUT2D eigenvalue weighted by Gasteiger charge is 2.29. The average molecular weight is 482 g/mol. The van der Waals surface area contributed by atoms with Crippen molar-refractivity contribution in [3.05, 3.63) is 81.7 Å². The van der Waals surface area contributed by atoms with Crippen molar-refractivity contribution in [2.24, 2.45) is 0 Å². The highest BCUT2D eigenvalue weighted by atomic mass is 32.2. The number of nitrogens with zero attached hydrogens (tertiary/aromatic N) is 2. The topological polar surface area (TPSA) is 75.3 Å². The number of H-pyrrole nitrogens is 1. The zero-order valence-electron chi connectivity index (χ0n) is 17.5. The number of thioether (sulfide) groups is 1. The summed E-state index contributed by atoms with van der Waals surface area (Å²) in [6.07, 6.45) is 0. The molecule has 1 saturated heterocycles. The zero-order valence-corrected chi connectivity index (χ0v) is 19.1. The largest absolute Gasteiger partial charge is 0.378 e. The first kappa shape index (κ1) is 21.8. The van der Waals surface area contributed by atoms with Crippen LogP contribution in [0.25, 0.3) is 21.3 Å². The van der Waals surface area contributed by atoms with E-state index in [4.69, 9.17) is 4.74 Å². The van der Waals surface area contributed by atoms with E-state index in [1.165, 1.54) is 35.2 Å². The van der Waals surface area contributed by atoms with Crippen LogP contribution in [-0.4, -0.2) is 47.1 Å². The third-order valence-electron chi connectivity index (χ3n) is 5.46. The third kappa shape index (κ3) is 4.57. The highest BCUT2D eigenvalue weighted by Crippen LogP contribution is 2.37. The minimum absolute atomic E-state index is 0.0320. The van der Waals surface area contributed by atoms with E-state index in [1.807, 2.05) is 35.7 Å². The maximum atomic E-state index is 13.4. The molecule has 9 heteroatoms. The van der Waals surface area contributed by atoms with E-state index in [0.717, 1.165) is 11.1 Å². The van der Waals surface area contributed by atoms with Crippen molar-refractivity contribution in [3.8, 4) is 11.1 Å². The Kier molecular flexibility index (Phi) is 6.26. The molecule has 1 N–H and O–H groups in total. The minimum Gasteiger partial charge on any atom is -0.378 e. The lowest BCUT2D eigenvalue weighted by molar-refractivity contribution is -0.134. The molecule has 1 aliphatic heterocycles. The summed E-state index contributed by atoms with van der Waals surface area (Å²) in [6.45, 7) is 2.11. The molecule has 2 aromatic carbocycles. The Morgan fingerprint density at radius 2 is 1.85 bits per heavy atom. The van der Waals surface area contributed by atoms with Crippen molar-refractivity contribution in [2.45, 2.75) is 10.4 Å². The SMILES string of the molecule is O=C(C(Sc1nc2scc(-c3ccc(F)cc3)c2c(=O)[nH]1)c1ccccc1)N1CCOCC1. The number of carbonyl (C=O) groups is 1. The number of rotatable bonds is 5. The molecule has 1 unspecified atom stereocenters. The van der Waals surface area contributed by atoms with E-state index in [1.54, 1.807) is 17.0 Å². The molecule has 0 spiro atoms. The van der Waals surface area contributed by atoms with Crippen molar-refractivity contribution in [3.63, 3.8) is 0 Å². The third-order valence-corrected chi connectivity index (χ3v) is 7.45. The number of aromatic amines is 1. The van der Waals surface area contributed by atoms with Crippen LogP contribution in [0, 0.1) is 5.82 Å². The molecule has 1 amide bonds. The first-order valence-corrected chi connectivity index (χ1v) is 12.2. The van der Waals surface area contributed by atoms with E-state index in [2.05, 4.69) is 9.97 Å².